The fourth-order valence-electron chi connectivity index (χ4n) is 2.24. The van der Waals surface area contributed by atoms with E-state index in [9.17, 15) is 13.6 Å². The molecule has 1 aromatic heterocycles. The van der Waals surface area contributed by atoms with Gasteiger partial charge in [0.1, 0.15) is 17.3 Å². The van der Waals surface area contributed by atoms with Crippen molar-refractivity contribution in [1.82, 2.24) is 15.3 Å². The first-order valence-electron chi connectivity index (χ1n) is 7.90. The molecule has 0 saturated carbocycles. The number of nitrogens with one attached hydrogen (secondary N) is 2. The number of amides is 1. The molecule has 0 bridgehead atoms. The average Bonchev–Trinajstić information content (AvgIpc) is 2.63. The quantitative estimate of drug-likeness (QED) is 0.733. The number of carbonyl (C=O) groups excluding carboxylic acids is 1. The van der Waals surface area contributed by atoms with Crippen molar-refractivity contribution in [1.29, 1.82) is 0 Å². The van der Waals surface area contributed by atoms with E-state index in [0.29, 0.717) is 6.54 Å². The van der Waals surface area contributed by atoms with E-state index in [0.717, 1.165) is 23.3 Å². The number of aryl methyl sites for hydroxylation is 1. The zero-order valence-electron chi connectivity index (χ0n) is 14.0. The third-order valence-corrected chi connectivity index (χ3v) is 3.64. The number of rotatable bonds is 5. The molecular weight excluding hydrogens is 338 g/mol. The van der Waals surface area contributed by atoms with Crippen molar-refractivity contribution in [3.8, 4) is 0 Å². The van der Waals surface area contributed by atoms with Gasteiger partial charge in [0.05, 0.1) is 5.69 Å². The number of anilines is 2. The lowest BCUT2D eigenvalue weighted by molar-refractivity contribution is 0.0946. The van der Waals surface area contributed by atoms with Gasteiger partial charge in [-0.15, -0.1) is 0 Å². The minimum Gasteiger partial charge on any atom is -0.347 e. The molecule has 0 aliphatic carbocycles. The second kappa shape index (κ2) is 7.69. The highest BCUT2D eigenvalue weighted by molar-refractivity contribution is 5.92. The van der Waals surface area contributed by atoms with E-state index in [4.69, 9.17) is 0 Å². The van der Waals surface area contributed by atoms with Crippen molar-refractivity contribution >= 4 is 17.5 Å². The Hall–Kier alpha value is -3.35. The van der Waals surface area contributed by atoms with Crippen molar-refractivity contribution in [2.45, 2.75) is 13.5 Å². The Morgan fingerprint density at radius 2 is 1.85 bits per heavy atom. The van der Waals surface area contributed by atoms with Crippen LogP contribution in [0.2, 0.25) is 0 Å². The molecule has 1 amide bonds. The predicted octanol–water partition coefficient (Wildman–Crippen LogP) is 3.74. The van der Waals surface area contributed by atoms with Crippen LogP contribution in [0, 0.1) is 18.6 Å². The summed E-state index contributed by atoms with van der Waals surface area (Å²) in [5.74, 6) is -1.80. The monoisotopic (exact) mass is 354 g/mol. The molecule has 132 valence electrons. The molecule has 0 aliphatic heterocycles. The molecule has 0 radical (unpaired) electrons. The molecule has 0 spiro atoms. The van der Waals surface area contributed by atoms with E-state index in [1.807, 2.05) is 31.2 Å². The highest BCUT2D eigenvalue weighted by atomic mass is 19.1. The van der Waals surface area contributed by atoms with Gasteiger partial charge in [-0.3, -0.25) is 4.79 Å². The first kappa shape index (κ1) is 17.5. The molecule has 3 aromatic rings. The third kappa shape index (κ3) is 4.38. The number of hydrogen-bond acceptors (Lipinski definition) is 4. The summed E-state index contributed by atoms with van der Waals surface area (Å²) in [5, 5.41) is 5.39. The van der Waals surface area contributed by atoms with Crippen LogP contribution in [0.25, 0.3) is 0 Å². The van der Waals surface area contributed by atoms with Gasteiger partial charge in [0, 0.05) is 18.8 Å². The maximum absolute atomic E-state index is 13.7. The number of aromatic nitrogens is 2. The Kier molecular flexibility index (Phi) is 5.17. The molecule has 2 aromatic carbocycles. The van der Waals surface area contributed by atoms with Gasteiger partial charge >= 0.3 is 0 Å². The Morgan fingerprint density at radius 1 is 1.08 bits per heavy atom. The molecular formula is C19H16F2N4O. The predicted molar refractivity (Wildman–Crippen MR) is 94.0 cm³/mol. The van der Waals surface area contributed by atoms with Crippen LogP contribution in [0.1, 0.15) is 21.6 Å². The van der Waals surface area contributed by atoms with Crippen LogP contribution < -0.4 is 10.6 Å². The Morgan fingerprint density at radius 3 is 2.58 bits per heavy atom. The minimum absolute atomic E-state index is 0.0172. The van der Waals surface area contributed by atoms with Gasteiger partial charge in [0.25, 0.3) is 5.91 Å². The zero-order chi connectivity index (χ0) is 18.5. The SMILES string of the molecule is Cc1ccc(CNC(=O)c2ccnc(Nc3ccc(F)cc3F)n2)cc1. The minimum atomic E-state index is -0.775. The van der Waals surface area contributed by atoms with E-state index in [-0.39, 0.29) is 23.2 Å². The van der Waals surface area contributed by atoms with E-state index in [1.165, 1.54) is 18.3 Å². The molecule has 0 saturated heterocycles. The van der Waals surface area contributed by atoms with Crippen LogP contribution in [-0.2, 0) is 6.54 Å². The fourth-order valence-corrected chi connectivity index (χ4v) is 2.24. The molecule has 26 heavy (non-hydrogen) atoms. The largest absolute Gasteiger partial charge is 0.347 e. The summed E-state index contributed by atoms with van der Waals surface area (Å²) in [6.07, 6.45) is 1.39. The summed E-state index contributed by atoms with van der Waals surface area (Å²) >= 11 is 0. The lowest BCUT2D eigenvalue weighted by Gasteiger charge is -2.08. The molecule has 0 aliphatic rings. The first-order chi connectivity index (χ1) is 12.5. The molecule has 2 N–H and O–H groups in total. The van der Waals surface area contributed by atoms with Crippen LogP contribution in [-0.4, -0.2) is 15.9 Å². The lowest BCUT2D eigenvalue weighted by atomic mass is 10.1. The van der Waals surface area contributed by atoms with Crippen LogP contribution in [0.5, 0.6) is 0 Å². The third-order valence-electron chi connectivity index (χ3n) is 3.64. The van der Waals surface area contributed by atoms with E-state index in [2.05, 4.69) is 20.6 Å². The normalized spacial score (nSPS) is 10.4. The number of carbonyl (C=O) groups is 1. The van der Waals surface area contributed by atoms with Crippen molar-refractivity contribution in [2.24, 2.45) is 0 Å². The van der Waals surface area contributed by atoms with Crippen molar-refractivity contribution in [2.75, 3.05) is 5.32 Å². The number of halogens is 2. The average molecular weight is 354 g/mol. The van der Waals surface area contributed by atoms with Crippen LogP contribution in [0.4, 0.5) is 20.4 Å². The van der Waals surface area contributed by atoms with Crippen molar-refractivity contribution < 1.29 is 13.6 Å². The maximum Gasteiger partial charge on any atom is 0.270 e. The topological polar surface area (TPSA) is 66.9 Å². The van der Waals surface area contributed by atoms with E-state index >= 15 is 0 Å². The summed E-state index contributed by atoms with van der Waals surface area (Å²) in [5.41, 5.74) is 2.25. The van der Waals surface area contributed by atoms with Crippen LogP contribution >= 0.6 is 0 Å². The van der Waals surface area contributed by atoms with E-state index < -0.39 is 11.6 Å². The number of hydrogen-bond donors (Lipinski definition) is 2. The Balaban J connectivity index is 1.68. The fraction of sp³-hybridized carbons (Fsp3) is 0.105. The van der Waals surface area contributed by atoms with Gasteiger partial charge in [-0.25, -0.2) is 18.7 Å². The summed E-state index contributed by atoms with van der Waals surface area (Å²) in [6.45, 7) is 2.35. The molecule has 1 heterocycles. The number of benzene rings is 2. The molecule has 7 heteroatoms. The summed E-state index contributed by atoms with van der Waals surface area (Å²) in [6, 6.07) is 12.3. The van der Waals surface area contributed by atoms with Crippen LogP contribution in [0.3, 0.4) is 0 Å². The molecule has 0 unspecified atom stereocenters. The molecule has 0 atom stereocenters. The number of nitrogens with zero attached hydrogens (tertiary/aromatic N) is 2. The smallest absolute Gasteiger partial charge is 0.270 e. The zero-order valence-corrected chi connectivity index (χ0v) is 14.0. The van der Waals surface area contributed by atoms with Gasteiger partial charge in [-0.1, -0.05) is 29.8 Å². The summed E-state index contributed by atoms with van der Waals surface area (Å²) in [7, 11) is 0. The van der Waals surface area contributed by atoms with Gasteiger partial charge in [-0.2, -0.15) is 0 Å². The first-order valence-corrected chi connectivity index (χ1v) is 7.90. The Labute approximate surface area is 149 Å². The van der Waals surface area contributed by atoms with Gasteiger partial charge < -0.3 is 10.6 Å². The second-order valence-electron chi connectivity index (χ2n) is 5.68. The highest BCUT2D eigenvalue weighted by Crippen LogP contribution is 2.18. The molecule has 3 rings (SSSR count). The molecule has 0 fully saturated rings. The lowest BCUT2D eigenvalue weighted by Crippen LogP contribution is -2.24. The summed E-state index contributed by atoms with van der Waals surface area (Å²) in [4.78, 5) is 20.3. The van der Waals surface area contributed by atoms with Crippen LogP contribution in [0.15, 0.2) is 54.7 Å². The van der Waals surface area contributed by atoms with Gasteiger partial charge in [-0.05, 0) is 30.7 Å². The second-order valence-corrected chi connectivity index (χ2v) is 5.68. The maximum atomic E-state index is 13.7. The molecule has 5 nitrogen and oxygen atoms in total. The van der Waals surface area contributed by atoms with E-state index in [1.54, 1.807) is 0 Å². The van der Waals surface area contributed by atoms with Crippen molar-refractivity contribution in [3.05, 3.63) is 83.2 Å². The Bertz CT molecular complexity index is 929. The highest BCUT2D eigenvalue weighted by Gasteiger charge is 2.10. The summed E-state index contributed by atoms with van der Waals surface area (Å²) < 4.78 is 26.6. The van der Waals surface area contributed by atoms with Gasteiger partial charge in [0.2, 0.25) is 5.95 Å². The van der Waals surface area contributed by atoms with Crippen molar-refractivity contribution in [3.63, 3.8) is 0 Å². The standard InChI is InChI=1S/C19H16F2N4O/c1-12-2-4-13(5-3-12)11-23-18(26)17-8-9-22-19(25-17)24-16-7-6-14(20)10-15(16)21/h2-10H,11H2,1H3,(H,23,26)(H,22,24,25). The van der Waals surface area contributed by atoms with Gasteiger partial charge in [0.15, 0.2) is 0 Å².